The SMILES string of the molecule is CCOC1C(C)(C)CCC(CCOC2C(C)(C)CCC2(C)C)C1(C)C. The molecule has 0 amide bonds. The molecular formula is C23H44O2. The van der Waals surface area contributed by atoms with E-state index in [1.165, 1.54) is 25.7 Å². The highest BCUT2D eigenvalue weighted by Crippen LogP contribution is 2.53. The number of ether oxygens (including phenoxy) is 2. The molecule has 25 heavy (non-hydrogen) atoms. The van der Waals surface area contributed by atoms with Crippen molar-refractivity contribution in [2.75, 3.05) is 13.2 Å². The van der Waals surface area contributed by atoms with Gasteiger partial charge in [-0.05, 0) is 66.6 Å². The lowest BCUT2D eigenvalue weighted by Crippen LogP contribution is -2.52. The lowest BCUT2D eigenvalue weighted by Gasteiger charge is -2.53. The minimum atomic E-state index is 0.210. The van der Waals surface area contributed by atoms with E-state index >= 15 is 0 Å². The number of rotatable bonds is 6. The normalized spacial score (nSPS) is 33.5. The molecule has 0 saturated heterocycles. The highest BCUT2D eigenvalue weighted by Gasteiger charge is 2.50. The summed E-state index contributed by atoms with van der Waals surface area (Å²) in [5.74, 6) is 0.685. The minimum Gasteiger partial charge on any atom is -0.377 e. The number of hydrogen-bond donors (Lipinski definition) is 0. The molecule has 2 atom stereocenters. The zero-order chi connectivity index (χ0) is 19.1. The van der Waals surface area contributed by atoms with E-state index in [0.29, 0.717) is 29.0 Å². The summed E-state index contributed by atoms with van der Waals surface area (Å²) in [6.45, 7) is 22.9. The third-order valence-electron chi connectivity index (χ3n) is 7.49. The molecule has 2 unspecified atom stereocenters. The van der Waals surface area contributed by atoms with Gasteiger partial charge in [-0.2, -0.15) is 0 Å². The standard InChI is InChI=1S/C23H44O2/c1-10-24-19-20(2,3)13-11-17(23(19,8)9)12-16-25-18-21(4,5)14-15-22(18,6)7/h17-19H,10-16H2,1-9H3. The van der Waals surface area contributed by atoms with Crippen LogP contribution in [0.15, 0.2) is 0 Å². The molecule has 0 N–H and O–H groups in total. The summed E-state index contributed by atoms with van der Waals surface area (Å²) in [7, 11) is 0. The lowest BCUT2D eigenvalue weighted by molar-refractivity contribution is -0.149. The molecule has 2 rings (SSSR count). The first-order valence-corrected chi connectivity index (χ1v) is 10.6. The fourth-order valence-corrected chi connectivity index (χ4v) is 6.14. The van der Waals surface area contributed by atoms with Crippen molar-refractivity contribution in [3.63, 3.8) is 0 Å². The quantitative estimate of drug-likeness (QED) is 0.545. The molecule has 2 aliphatic carbocycles. The maximum absolute atomic E-state index is 6.54. The largest absolute Gasteiger partial charge is 0.377 e. The van der Waals surface area contributed by atoms with Crippen LogP contribution in [0.3, 0.4) is 0 Å². The van der Waals surface area contributed by atoms with Crippen molar-refractivity contribution in [3.05, 3.63) is 0 Å². The van der Waals surface area contributed by atoms with Crippen molar-refractivity contribution in [3.8, 4) is 0 Å². The van der Waals surface area contributed by atoms with E-state index in [1.807, 2.05) is 0 Å². The molecule has 2 fully saturated rings. The van der Waals surface area contributed by atoms with Gasteiger partial charge in [0.2, 0.25) is 0 Å². The van der Waals surface area contributed by atoms with Crippen molar-refractivity contribution in [1.29, 1.82) is 0 Å². The van der Waals surface area contributed by atoms with Crippen LogP contribution in [0.2, 0.25) is 0 Å². The first-order valence-electron chi connectivity index (χ1n) is 10.6. The third kappa shape index (κ3) is 4.26. The van der Waals surface area contributed by atoms with E-state index in [1.54, 1.807) is 0 Å². The van der Waals surface area contributed by atoms with Gasteiger partial charge >= 0.3 is 0 Å². The second kappa shape index (κ2) is 7.15. The van der Waals surface area contributed by atoms with Crippen LogP contribution in [0.5, 0.6) is 0 Å². The van der Waals surface area contributed by atoms with E-state index < -0.39 is 0 Å². The molecule has 2 heteroatoms. The van der Waals surface area contributed by atoms with Gasteiger partial charge in [-0.3, -0.25) is 0 Å². The van der Waals surface area contributed by atoms with Gasteiger partial charge in [-0.15, -0.1) is 0 Å². The maximum atomic E-state index is 6.54. The molecule has 2 aliphatic rings. The van der Waals surface area contributed by atoms with Crippen LogP contribution < -0.4 is 0 Å². The van der Waals surface area contributed by atoms with Crippen LogP contribution in [0.1, 0.15) is 94.4 Å². The van der Waals surface area contributed by atoms with Gasteiger partial charge in [0, 0.05) is 13.2 Å². The predicted octanol–water partition coefficient (Wildman–Crippen LogP) is 6.48. The molecule has 0 aromatic rings. The molecule has 2 nitrogen and oxygen atoms in total. The van der Waals surface area contributed by atoms with Crippen LogP contribution >= 0.6 is 0 Å². The van der Waals surface area contributed by atoms with Gasteiger partial charge in [0.25, 0.3) is 0 Å². The van der Waals surface area contributed by atoms with Crippen molar-refractivity contribution in [2.45, 2.75) is 107 Å². The Labute approximate surface area is 157 Å². The molecule has 0 radical (unpaired) electrons. The molecule has 0 aromatic heterocycles. The summed E-state index contributed by atoms with van der Waals surface area (Å²) in [5, 5.41) is 0. The Kier molecular flexibility index (Phi) is 6.07. The maximum Gasteiger partial charge on any atom is 0.0679 e. The van der Waals surface area contributed by atoms with E-state index in [0.717, 1.165) is 19.6 Å². The fourth-order valence-electron chi connectivity index (χ4n) is 6.14. The average Bonchev–Trinajstić information content (AvgIpc) is 2.68. The van der Waals surface area contributed by atoms with Gasteiger partial charge in [0.05, 0.1) is 12.2 Å². The lowest BCUT2D eigenvalue weighted by atomic mass is 9.57. The summed E-state index contributed by atoms with van der Waals surface area (Å²) in [5.41, 5.74) is 1.09. The third-order valence-corrected chi connectivity index (χ3v) is 7.49. The monoisotopic (exact) mass is 352 g/mol. The van der Waals surface area contributed by atoms with Crippen molar-refractivity contribution >= 4 is 0 Å². The van der Waals surface area contributed by atoms with Gasteiger partial charge in [0.15, 0.2) is 0 Å². The second-order valence-electron chi connectivity index (χ2n) is 11.4. The van der Waals surface area contributed by atoms with Crippen molar-refractivity contribution in [1.82, 2.24) is 0 Å². The van der Waals surface area contributed by atoms with E-state index in [2.05, 4.69) is 62.3 Å². The zero-order valence-corrected chi connectivity index (χ0v) is 18.5. The van der Waals surface area contributed by atoms with Crippen LogP contribution in [0.4, 0.5) is 0 Å². The van der Waals surface area contributed by atoms with E-state index in [9.17, 15) is 0 Å². The topological polar surface area (TPSA) is 18.5 Å². The summed E-state index contributed by atoms with van der Waals surface area (Å²) < 4.78 is 12.8. The highest BCUT2D eigenvalue weighted by molar-refractivity contribution is 5.00. The van der Waals surface area contributed by atoms with Gasteiger partial charge in [0.1, 0.15) is 0 Å². The molecule has 2 saturated carbocycles. The zero-order valence-electron chi connectivity index (χ0n) is 18.5. The molecule has 148 valence electrons. The minimum absolute atomic E-state index is 0.210. The first kappa shape index (κ1) is 21.2. The Hall–Kier alpha value is -0.0800. The van der Waals surface area contributed by atoms with Crippen LogP contribution in [-0.4, -0.2) is 25.4 Å². The molecule has 0 heterocycles. The Morgan fingerprint density at radius 2 is 1.24 bits per heavy atom. The van der Waals surface area contributed by atoms with Crippen LogP contribution in [0.25, 0.3) is 0 Å². The predicted molar refractivity (Wildman–Crippen MR) is 107 cm³/mol. The van der Waals surface area contributed by atoms with Gasteiger partial charge in [-0.1, -0.05) is 55.4 Å². The summed E-state index contributed by atoms with van der Waals surface area (Å²) in [6.07, 6.45) is 6.99. The Morgan fingerprint density at radius 1 is 0.720 bits per heavy atom. The highest BCUT2D eigenvalue weighted by atomic mass is 16.5. The van der Waals surface area contributed by atoms with E-state index in [-0.39, 0.29) is 10.8 Å². The molecule has 0 bridgehead atoms. The van der Waals surface area contributed by atoms with Crippen LogP contribution in [0, 0.1) is 27.6 Å². The Balaban J connectivity index is 1.99. The summed E-state index contributed by atoms with van der Waals surface area (Å²) in [4.78, 5) is 0. The average molecular weight is 353 g/mol. The molecule has 0 aromatic carbocycles. The van der Waals surface area contributed by atoms with Crippen molar-refractivity contribution < 1.29 is 9.47 Å². The van der Waals surface area contributed by atoms with Gasteiger partial charge < -0.3 is 9.47 Å². The molecule has 0 spiro atoms. The Morgan fingerprint density at radius 3 is 1.76 bits per heavy atom. The van der Waals surface area contributed by atoms with E-state index in [4.69, 9.17) is 9.47 Å². The summed E-state index contributed by atoms with van der Waals surface area (Å²) in [6, 6.07) is 0. The second-order valence-corrected chi connectivity index (χ2v) is 11.4. The summed E-state index contributed by atoms with van der Waals surface area (Å²) >= 11 is 0. The molecular weight excluding hydrogens is 308 g/mol. The smallest absolute Gasteiger partial charge is 0.0679 e. The first-order chi connectivity index (χ1) is 11.3. The van der Waals surface area contributed by atoms with Crippen LogP contribution in [-0.2, 0) is 9.47 Å². The number of hydrogen-bond acceptors (Lipinski definition) is 2. The fraction of sp³-hybridized carbons (Fsp3) is 1.00. The molecule has 0 aliphatic heterocycles. The van der Waals surface area contributed by atoms with Gasteiger partial charge in [-0.25, -0.2) is 0 Å². The Bertz CT molecular complexity index is 431. The van der Waals surface area contributed by atoms with Crippen molar-refractivity contribution in [2.24, 2.45) is 27.6 Å².